The van der Waals surface area contributed by atoms with Crippen molar-refractivity contribution in [3.63, 3.8) is 0 Å². The Morgan fingerprint density at radius 1 is 1.33 bits per heavy atom. The van der Waals surface area contributed by atoms with Crippen LogP contribution in [0.2, 0.25) is 0 Å². The first-order valence-electron chi connectivity index (χ1n) is 5.59. The summed E-state index contributed by atoms with van der Waals surface area (Å²) >= 11 is 3.31. The number of hydrogen-bond donors (Lipinski definition) is 1. The van der Waals surface area contributed by atoms with Crippen LogP contribution in [0.3, 0.4) is 0 Å². The van der Waals surface area contributed by atoms with Crippen LogP contribution in [-0.2, 0) is 6.54 Å². The third-order valence-electron chi connectivity index (χ3n) is 2.10. The minimum Gasteiger partial charge on any atom is -0.490 e. The van der Waals surface area contributed by atoms with E-state index in [1.165, 1.54) is 0 Å². The lowest BCUT2D eigenvalue weighted by atomic mass is 10.2. The standard InChI is InChI=1S/C12H16BrF2NO2/c1-3-17-10-5-8(6-16-2)4-9(13)12(10)18-7-11(14)15/h4-5,11,16H,3,6-7H2,1-2H3. The molecule has 1 aromatic rings. The van der Waals surface area contributed by atoms with E-state index in [2.05, 4.69) is 21.2 Å². The zero-order valence-electron chi connectivity index (χ0n) is 10.3. The number of alkyl halides is 2. The molecule has 0 unspecified atom stereocenters. The van der Waals surface area contributed by atoms with E-state index in [4.69, 9.17) is 9.47 Å². The fourth-order valence-corrected chi connectivity index (χ4v) is 2.08. The second-order valence-corrected chi connectivity index (χ2v) is 4.42. The summed E-state index contributed by atoms with van der Waals surface area (Å²) in [5.74, 6) is 0.787. The minimum atomic E-state index is -2.51. The Morgan fingerprint density at radius 2 is 2.06 bits per heavy atom. The maximum absolute atomic E-state index is 12.2. The molecule has 1 N–H and O–H groups in total. The molecule has 0 atom stereocenters. The molecule has 0 saturated carbocycles. The van der Waals surface area contributed by atoms with Gasteiger partial charge in [0.25, 0.3) is 6.43 Å². The van der Waals surface area contributed by atoms with Crippen molar-refractivity contribution in [1.29, 1.82) is 0 Å². The molecular formula is C12H16BrF2NO2. The fourth-order valence-electron chi connectivity index (χ4n) is 1.48. The van der Waals surface area contributed by atoms with Crippen LogP contribution in [0.4, 0.5) is 8.78 Å². The molecule has 0 amide bonds. The SMILES string of the molecule is CCOc1cc(CNC)cc(Br)c1OCC(F)F. The zero-order valence-corrected chi connectivity index (χ0v) is 11.9. The molecule has 1 rings (SSSR count). The summed E-state index contributed by atoms with van der Waals surface area (Å²) in [6, 6.07) is 3.60. The second-order valence-electron chi connectivity index (χ2n) is 3.57. The third-order valence-corrected chi connectivity index (χ3v) is 2.69. The van der Waals surface area contributed by atoms with Crippen molar-refractivity contribution in [3.05, 3.63) is 22.2 Å². The lowest BCUT2D eigenvalue weighted by Gasteiger charge is -2.15. The van der Waals surface area contributed by atoms with Crippen LogP contribution in [-0.4, -0.2) is 26.7 Å². The molecule has 0 saturated heterocycles. The van der Waals surface area contributed by atoms with Gasteiger partial charge in [-0.2, -0.15) is 0 Å². The monoisotopic (exact) mass is 323 g/mol. The quantitative estimate of drug-likeness (QED) is 0.835. The van der Waals surface area contributed by atoms with E-state index in [1.54, 1.807) is 6.07 Å². The Bertz CT molecular complexity index is 389. The Hall–Kier alpha value is -0.880. The lowest BCUT2D eigenvalue weighted by Crippen LogP contribution is -2.10. The van der Waals surface area contributed by atoms with Crippen molar-refractivity contribution in [2.75, 3.05) is 20.3 Å². The Kier molecular flexibility index (Phi) is 6.35. The second kappa shape index (κ2) is 7.53. The van der Waals surface area contributed by atoms with Crippen LogP contribution in [0, 0.1) is 0 Å². The molecule has 0 aliphatic heterocycles. The van der Waals surface area contributed by atoms with Crippen LogP contribution in [0.5, 0.6) is 11.5 Å². The molecule has 3 nitrogen and oxygen atoms in total. The van der Waals surface area contributed by atoms with Gasteiger partial charge in [-0.05, 0) is 47.6 Å². The number of ether oxygens (including phenoxy) is 2. The number of nitrogens with one attached hydrogen (secondary N) is 1. The van der Waals surface area contributed by atoms with Gasteiger partial charge < -0.3 is 14.8 Å². The summed E-state index contributed by atoms with van der Waals surface area (Å²) in [5.41, 5.74) is 0.984. The van der Waals surface area contributed by atoms with Gasteiger partial charge in [-0.15, -0.1) is 0 Å². The van der Waals surface area contributed by atoms with Crippen molar-refractivity contribution >= 4 is 15.9 Å². The number of halogens is 3. The zero-order chi connectivity index (χ0) is 13.5. The van der Waals surface area contributed by atoms with Crippen molar-refractivity contribution in [1.82, 2.24) is 5.32 Å². The van der Waals surface area contributed by atoms with Gasteiger partial charge in [0.15, 0.2) is 11.5 Å². The minimum absolute atomic E-state index is 0.317. The molecule has 0 radical (unpaired) electrons. The van der Waals surface area contributed by atoms with E-state index in [9.17, 15) is 8.78 Å². The summed E-state index contributed by atoms with van der Waals surface area (Å²) < 4.78 is 35.4. The average molecular weight is 324 g/mol. The number of rotatable bonds is 7. The molecular weight excluding hydrogens is 308 g/mol. The van der Waals surface area contributed by atoms with Gasteiger partial charge in [0.2, 0.25) is 0 Å². The first kappa shape index (κ1) is 15.2. The van der Waals surface area contributed by atoms with Gasteiger partial charge in [-0.1, -0.05) is 0 Å². The topological polar surface area (TPSA) is 30.5 Å². The van der Waals surface area contributed by atoms with Crippen LogP contribution in [0.25, 0.3) is 0 Å². The van der Waals surface area contributed by atoms with Crippen LogP contribution < -0.4 is 14.8 Å². The van der Waals surface area contributed by atoms with E-state index in [0.29, 0.717) is 29.1 Å². The maximum atomic E-state index is 12.2. The highest BCUT2D eigenvalue weighted by atomic mass is 79.9. The highest BCUT2D eigenvalue weighted by Gasteiger charge is 2.14. The predicted octanol–water partition coefficient (Wildman–Crippen LogP) is 3.21. The molecule has 6 heteroatoms. The summed E-state index contributed by atoms with van der Waals surface area (Å²) in [6.07, 6.45) is -2.51. The average Bonchev–Trinajstić information content (AvgIpc) is 2.28. The van der Waals surface area contributed by atoms with Gasteiger partial charge in [-0.25, -0.2) is 8.78 Å². The van der Waals surface area contributed by atoms with Crippen LogP contribution in [0.1, 0.15) is 12.5 Å². The Labute approximate surface area is 114 Å². The van der Waals surface area contributed by atoms with Crippen molar-refractivity contribution in [2.24, 2.45) is 0 Å². The molecule has 0 aliphatic carbocycles. The summed E-state index contributed by atoms with van der Waals surface area (Å²) in [6.45, 7) is 2.29. The van der Waals surface area contributed by atoms with Gasteiger partial charge in [0, 0.05) is 6.54 Å². The molecule has 0 bridgehead atoms. The van der Waals surface area contributed by atoms with Gasteiger partial charge in [0.1, 0.15) is 6.61 Å². The number of hydrogen-bond acceptors (Lipinski definition) is 3. The van der Waals surface area contributed by atoms with E-state index < -0.39 is 13.0 Å². The molecule has 0 spiro atoms. The van der Waals surface area contributed by atoms with Crippen molar-refractivity contribution in [3.8, 4) is 11.5 Å². The number of benzene rings is 1. The normalized spacial score (nSPS) is 10.8. The maximum Gasteiger partial charge on any atom is 0.272 e. The van der Waals surface area contributed by atoms with E-state index >= 15 is 0 Å². The highest BCUT2D eigenvalue weighted by Crippen LogP contribution is 2.37. The van der Waals surface area contributed by atoms with Crippen molar-refractivity contribution < 1.29 is 18.3 Å². The first-order chi connectivity index (χ1) is 8.58. The third kappa shape index (κ3) is 4.42. The van der Waals surface area contributed by atoms with Crippen LogP contribution >= 0.6 is 15.9 Å². The van der Waals surface area contributed by atoms with Gasteiger partial charge in [0.05, 0.1) is 11.1 Å². The highest BCUT2D eigenvalue weighted by molar-refractivity contribution is 9.10. The summed E-state index contributed by atoms with van der Waals surface area (Å²) in [7, 11) is 1.83. The van der Waals surface area contributed by atoms with Crippen molar-refractivity contribution in [2.45, 2.75) is 19.9 Å². The molecule has 0 fully saturated rings. The van der Waals surface area contributed by atoms with E-state index in [0.717, 1.165) is 5.56 Å². The Balaban J connectivity index is 2.98. The lowest BCUT2D eigenvalue weighted by molar-refractivity contribution is 0.0796. The van der Waals surface area contributed by atoms with Crippen LogP contribution in [0.15, 0.2) is 16.6 Å². The molecule has 1 aromatic carbocycles. The Morgan fingerprint density at radius 3 is 2.61 bits per heavy atom. The van der Waals surface area contributed by atoms with Gasteiger partial charge >= 0.3 is 0 Å². The molecule has 18 heavy (non-hydrogen) atoms. The molecule has 0 aromatic heterocycles. The smallest absolute Gasteiger partial charge is 0.272 e. The van der Waals surface area contributed by atoms with E-state index in [-0.39, 0.29) is 0 Å². The molecule has 0 heterocycles. The molecule has 0 aliphatic rings. The van der Waals surface area contributed by atoms with Gasteiger partial charge in [-0.3, -0.25) is 0 Å². The largest absolute Gasteiger partial charge is 0.490 e. The summed E-state index contributed by atoms with van der Waals surface area (Å²) in [4.78, 5) is 0. The van der Waals surface area contributed by atoms with E-state index in [1.807, 2.05) is 20.0 Å². The summed E-state index contributed by atoms with van der Waals surface area (Å²) in [5, 5.41) is 3.01. The molecule has 102 valence electrons. The first-order valence-corrected chi connectivity index (χ1v) is 6.38. The predicted molar refractivity (Wildman–Crippen MR) is 69.6 cm³/mol. The fraction of sp³-hybridized carbons (Fsp3) is 0.500.